The summed E-state index contributed by atoms with van der Waals surface area (Å²) in [7, 11) is 0. The monoisotopic (exact) mass is 378 g/mol. The second-order valence-corrected chi connectivity index (χ2v) is 7.03. The number of hydrogen-bond donors (Lipinski definition) is 2. The van der Waals surface area contributed by atoms with Crippen molar-refractivity contribution in [2.45, 2.75) is 19.2 Å². The van der Waals surface area contributed by atoms with Crippen molar-refractivity contribution in [3.05, 3.63) is 95.0 Å². The Labute approximate surface area is 163 Å². The molecule has 136 valence electrons. The predicted molar refractivity (Wildman–Crippen MR) is 109 cm³/mol. The molecule has 27 heavy (non-hydrogen) atoms. The Hall–Kier alpha value is -2.82. The molecule has 0 spiro atoms. The number of para-hydroxylation sites is 2. The highest BCUT2D eigenvalue weighted by atomic mass is 35.5. The molecule has 0 aliphatic rings. The maximum atomic E-state index is 10.7. The van der Waals surface area contributed by atoms with Gasteiger partial charge in [0, 0.05) is 5.02 Å². The summed E-state index contributed by atoms with van der Waals surface area (Å²) in [5, 5.41) is 11.4. The van der Waals surface area contributed by atoms with Crippen LogP contribution in [0.4, 0.5) is 5.95 Å². The van der Waals surface area contributed by atoms with E-state index in [0.29, 0.717) is 24.1 Å². The molecule has 1 heterocycles. The first-order valence-corrected chi connectivity index (χ1v) is 9.25. The normalized spacial score (nSPS) is 12.4. The van der Waals surface area contributed by atoms with Crippen molar-refractivity contribution in [1.29, 1.82) is 0 Å². The molecule has 5 heteroatoms. The summed E-state index contributed by atoms with van der Waals surface area (Å²) in [4.78, 5) is 0. The molecular weight excluding hydrogens is 358 g/mol. The second kappa shape index (κ2) is 7.43. The van der Waals surface area contributed by atoms with Gasteiger partial charge in [-0.2, -0.15) is 0 Å². The van der Waals surface area contributed by atoms with E-state index in [4.69, 9.17) is 17.3 Å². The van der Waals surface area contributed by atoms with Gasteiger partial charge in [-0.1, -0.05) is 66.2 Å². The fourth-order valence-electron chi connectivity index (χ4n) is 3.40. The van der Waals surface area contributed by atoms with Gasteiger partial charge >= 0.3 is 5.95 Å². The van der Waals surface area contributed by atoms with Crippen molar-refractivity contribution >= 4 is 28.6 Å². The average Bonchev–Trinajstić information content (AvgIpc) is 2.95. The van der Waals surface area contributed by atoms with Crippen molar-refractivity contribution in [2.24, 2.45) is 0 Å². The van der Waals surface area contributed by atoms with Crippen LogP contribution in [0.25, 0.3) is 11.0 Å². The topological polar surface area (TPSA) is 55.1 Å². The van der Waals surface area contributed by atoms with Crippen LogP contribution >= 0.6 is 11.6 Å². The van der Waals surface area contributed by atoms with Crippen LogP contribution in [0.2, 0.25) is 5.02 Å². The lowest BCUT2D eigenvalue weighted by Gasteiger charge is -2.11. The Kier molecular flexibility index (Phi) is 4.84. The standard InChI is InChI=1S/C22H20ClN3O/c23-18-12-10-17(11-13-18)21(27)15-26-20-9-5-4-8-19(20)25(22(26)24)14-16-6-2-1-3-7-16/h1-13,21,24,27H,14-15H2/p+1/t21-/m1/s1. The SMILES string of the molecule is Nc1n(C[C@@H](O)c2ccc(Cl)cc2)c2ccccc2[n+]1Cc1ccccc1. The third-order valence-corrected chi connectivity index (χ3v) is 5.06. The molecule has 1 aromatic heterocycles. The zero-order valence-electron chi connectivity index (χ0n) is 14.8. The van der Waals surface area contributed by atoms with E-state index in [-0.39, 0.29) is 0 Å². The molecule has 1 atom stereocenters. The number of aromatic nitrogens is 2. The number of aliphatic hydroxyl groups excluding tert-OH is 1. The number of nitrogens with zero attached hydrogens (tertiary/aromatic N) is 2. The Morgan fingerprint density at radius 3 is 2.33 bits per heavy atom. The zero-order valence-corrected chi connectivity index (χ0v) is 15.6. The fraction of sp³-hybridized carbons (Fsp3) is 0.136. The molecule has 3 aromatic carbocycles. The summed E-state index contributed by atoms with van der Waals surface area (Å²) in [5.74, 6) is 0.619. The molecule has 0 radical (unpaired) electrons. The Morgan fingerprint density at radius 2 is 1.59 bits per heavy atom. The smallest absolute Gasteiger partial charge is 0.356 e. The number of imidazole rings is 1. The van der Waals surface area contributed by atoms with Crippen LogP contribution in [-0.4, -0.2) is 9.67 Å². The number of rotatable bonds is 5. The number of anilines is 1. The zero-order chi connectivity index (χ0) is 18.8. The number of aliphatic hydroxyl groups is 1. The molecule has 0 aliphatic heterocycles. The van der Waals surface area contributed by atoms with Crippen molar-refractivity contribution in [2.75, 3.05) is 5.73 Å². The van der Waals surface area contributed by atoms with Gasteiger partial charge in [0.15, 0.2) is 0 Å². The van der Waals surface area contributed by atoms with E-state index < -0.39 is 6.10 Å². The van der Waals surface area contributed by atoms with E-state index in [1.54, 1.807) is 12.1 Å². The van der Waals surface area contributed by atoms with E-state index in [2.05, 4.69) is 22.8 Å². The Balaban J connectivity index is 1.72. The van der Waals surface area contributed by atoms with Crippen LogP contribution in [-0.2, 0) is 13.1 Å². The number of nitrogen functional groups attached to an aromatic ring is 1. The highest BCUT2D eigenvalue weighted by Gasteiger charge is 2.23. The number of hydrogen-bond acceptors (Lipinski definition) is 2. The quantitative estimate of drug-likeness (QED) is 0.517. The van der Waals surface area contributed by atoms with E-state index >= 15 is 0 Å². The van der Waals surface area contributed by atoms with Gasteiger partial charge in [0.05, 0.1) is 6.54 Å². The second-order valence-electron chi connectivity index (χ2n) is 6.60. The summed E-state index contributed by atoms with van der Waals surface area (Å²) in [6.07, 6.45) is -0.675. The summed E-state index contributed by atoms with van der Waals surface area (Å²) in [5.41, 5.74) is 10.5. The van der Waals surface area contributed by atoms with E-state index in [0.717, 1.165) is 16.6 Å². The van der Waals surface area contributed by atoms with Crippen molar-refractivity contribution in [3.63, 3.8) is 0 Å². The number of fused-ring (bicyclic) bond motifs is 1. The van der Waals surface area contributed by atoms with Gasteiger partial charge in [0.2, 0.25) is 0 Å². The number of nitrogens with two attached hydrogens (primary N) is 1. The molecule has 0 saturated carbocycles. The molecule has 0 fully saturated rings. The minimum atomic E-state index is -0.675. The first kappa shape index (κ1) is 17.6. The molecule has 3 N–H and O–H groups in total. The van der Waals surface area contributed by atoms with Crippen LogP contribution < -0.4 is 10.3 Å². The van der Waals surface area contributed by atoms with Gasteiger partial charge < -0.3 is 5.11 Å². The molecule has 0 bridgehead atoms. The highest BCUT2D eigenvalue weighted by molar-refractivity contribution is 6.30. The van der Waals surface area contributed by atoms with Crippen molar-refractivity contribution in [1.82, 2.24) is 4.57 Å². The summed E-state index contributed by atoms with van der Waals surface area (Å²) in [6, 6.07) is 25.5. The number of benzene rings is 3. The van der Waals surface area contributed by atoms with Crippen LogP contribution in [0.15, 0.2) is 78.9 Å². The third-order valence-electron chi connectivity index (χ3n) is 4.81. The van der Waals surface area contributed by atoms with Crippen LogP contribution in [0.5, 0.6) is 0 Å². The van der Waals surface area contributed by atoms with Crippen LogP contribution in [0.3, 0.4) is 0 Å². The predicted octanol–water partition coefficient (Wildman–Crippen LogP) is 3.95. The molecule has 4 rings (SSSR count). The first-order valence-electron chi connectivity index (χ1n) is 8.87. The molecule has 0 aliphatic carbocycles. The minimum Gasteiger partial charge on any atom is -0.385 e. The van der Waals surface area contributed by atoms with Crippen LogP contribution in [0.1, 0.15) is 17.2 Å². The maximum absolute atomic E-state index is 10.7. The molecule has 4 aromatic rings. The Morgan fingerprint density at radius 1 is 0.926 bits per heavy atom. The lowest BCUT2D eigenvalue weighted by atomic mass is 10.1. The van der Waals surface area contributed by atoms with Gasteiger partial charge in [-0.15, -0.1) is 0 Å². The Bertz CT molecular complexity index is 1060. The molecule has 4 nitrogen and oxygen atoms in total. The summed E-state index contributed by atoms with van der Waals surface area (Å²) in [6.45, 7) is 1.05. The van der Waals surface area contributed by atoms with Gasteiger partial charge in [-0.25, -0.2) is 9.13 Å². The van der Waals surface area contributed by atoms with Gasteiger partial charge in [-0.3, -0.25) is 5.73 Å². The van der Waals surface area contributed by atoms with Crippen molar-refractivity contribution in [3.8, 4) is 0 Å². The average molecular weight is 379 g/mol. The van der Waals surface area contributed by atoms with E-state index in [1.165, 1.54) is 5.56 Å². The highest BCUT2D eigenvalue weighted by Crippen LogP contribution is 2.23. The third kappa shape index (κ3) is 3.54. The van der Waals surface area contributed by atoms with E-state index in [9.17, 15) is 5.11 Å². The molecule has 0 amide bonds. The number of halogens is 1. The van der Waals surface area contributed by atoms with Gasteiger partial charge in [-0.05, 0) is 35.4 Å². The van der Waals surface area contributed by atoms with Crippen LogP contribution in [0, 0.1) is 0 Å². The van der Waals surface area contributed by atoms with Gasteiger partial charge in [0.1, 0.15) is 23.7 Å². The first-order chi connectivity index (χ1) is 13.1. The fourth-order valence-corrected chi connectivity index (χ4v) is 3.53. The summed E-state index contributed by atoms with van der Waals surface area (Å²) < 4.78 is 4.05. The largest absolute Gasteiger partial charge is 0.385 e. The molecule has 0 unspecified atom stereocenters. The summed E-state index contributed by atoms with van der Waals surface area (Å²) >= 11 is 5.95. The molecule has 0 saturated heterocycles. The maximum Gasteiger partial charge on any atom is 0.356 e. The van der Waals surface area contributed by atoms with Crippen molar-refractivity contribution < 1.29 is 9.67 Å². The van der Waals surface area contributed by atoms with E-state index in [1.807, 2.05) is 53.1 Å². The lowest BCUT2D eigenvalue weighted by molar-refractivity contribution is -0.648. The molecular formula is C22H21ClN3O+. The minimum absolute atomic E-state index is 0.371. The lowest BCUT2D eigenvalue weighted by Crippen LogP contribution is -2.37. The van der Waals surface area contributed by atoms with Gasteiger partial charge in [0.25, 0.3) is 0 Å².